The van der Waals surface area contributed by atoms with Gasteiger partial charge in [-0.1, -0.05) is 36.4 Å². The second-order valence-corrected chi connectivity index (χ2v) is 8.19. The predicted octanol–water partition coefficient (Wildman–Crippen LogP) is 3.21. The van der Waals surface area contributed by atoms with Gasteiger partial charge in [-0.15, -0.1) is 0 Å². The van der Waals surface area contributed by atoms with Gasteiger partial charge in [-0.3, -0.25) is 9.11 Å². The molecule has 0 saturated heterocycles. The van der Waals surface area contributed by atoms with Gasteiger partial charge >= 0.3 is 0 Å². The number of hydrogen-bond acceptors (Lipinski definition) is 8. The highest BCUT2D eigenvalue weighted by Crippen LogP contribution is 2.34. The van der Waals surface area contributed by atoms with Crippen molar-refractivity contribution in [3.05, 3.63) is 59.7 Å². The minimum Gasteiger partial charge on any atom is -0.282 e. The lowest BCUT2D eigenvalue weighted by molar-refractivity contribution is 0.480. The molecule has 2 rings (SSSR count). The summed E-state index contributed by atoms with van der Waals surface area (Å²) >= 11 is 9.21. The summed E-state index contributed by atoms with van der Waals surface area (Å²) in [4.78, 5) is 6.54. The molecule has 2 N–H and O–H groups in total. The highest BCUT2D eigenvalue weighted by molar-refractivity contribution is 7.86. The molecule has 0 bridgehead atoms. The minimum absolute atomic E-state index is 0.142. The lowest BCUT2D eigenvalue weighted by atomic mass is 10.1. The molecule has 0 amide bonds. The Morgan fingerprint density at radius 3 is 1.32 bits per heavy atom. The highest BCUT2D eigenvalue weighted by Gasteiger charge is 2.24. The summed E-state index contributed by atoms with van der Waals surface area (Å²) in [6.07, 6.45) is 0. The van der Waals surface area contributed by atoms with Crippen LogP contribution in [0.5, 0.6) is 0 Å². The molecule has 0 aliphatic carbocycles. The number of aliphatic imine (C=N–C) groups is 2. The van der Waals surface area contributed by atoms with Gasteiger partial charge < -0.3 is 0 Å². The molecule has 8 nitrogen and oxygen atoms in total. The van der Waals surface area contributed by atoms with E-state index in [2.05, 4.69) is 44.7 Å². The zero-order valence-electron chi connectivity index (χ0n) is 13.7. The van der Waals surface area contributed by atoms with Crippen LogP contribution in [0, 0.1) is 0 Å². The van der Waals surface area contributed by atoms with E-state index in [1.54, 1.807) is 0 Å². The topological polar surface area (TPSA) is 133 Å². The van der Waals surface area contributed by atoms with Gasteiger partial charge in [0, 0.05) is 11.1 Å². The van der Waals surface area contributed by atoms with Crippen molar-refractivity contribution in [3.63, 3.8) is 0 Å². The second-order valence-electron chi connectivity index (χ2n) is 5.05. The Kier molecular flexibility index (Phi) is 6.83. The molecular formula is C16H10N2O6S4. The summed E-state index contributed by atoms with van der Waals surface area (Å²) in [6.45, 7) is 0. The van der Waals surface area contributed by atoms with Crippen LogP contribution in [0.2, 0.25) is 0 Å². The summed E-state index contributed by atoms with van der Waals surface area (Å²) in [5.74, 6) is 0. The Hall–Kier alpha value is -2.40. The first kappa shape index (κ1) is 21.9. The fourth-order valence-corrected chi connectivity index (χ4v) is 3.92. The van der Waals surface area contributed by atoms with Crippen LogP contribution in [0.15, 0.2) is 68.3 Å². The van der Waals surface area contributed by atoms with Crippen molar-refractivity contribution in [1.29, 1.82) is 0 Å². The fourth-order valence-electron chi connectivity index (χ4n) is 2.35. The molecule has 0 fully saturated rings. The Morgan fingerprint density at radius 1 is 0.714 bits per heavy atom. The van der Waals surface area contributed by atoms with Gasteiger partial charge in [0.05, 0.1) is 10.3 Å². The Labute approximate surface area is 171 Å². The smallest absolute Gasteiger partial charge is 0.282 e. The van der Waals surface area contributed by atoms with E-state index in [0.29, 0.717) is 0 Å². The van der Waals surface area contributed by atoms with Crippen LogP contribution < -0.4 is 0 Å². The van der Waals surface area contributed by atoms with E-state index in [9.17, 15) is 25.9 Å². The van der Waals surface area contributed by atoms with Crippen molar-refractivity contribution in [3.8, 4) is 0 Å². The molecule has 2 aromatic rings. The van der Waals surface area contributed by atoms with Crippen molar-refractivity contribution < 1.29 is 25.9 Å². The van der Waals surface area contributed by atoms with Crippen molar-refractivity contribution in [2.45, 2.75) is 9.79 Å². The molecular weight excluding hydrogens is 444 g/mol. The summed E-state index contributed by atoms with van der Waals surface area (Å²) in [6, 6.07) is 10.4. The number of rotatable bonds is 6. The van der Waals surface area contributed by atoms with Gasteiger partial charge in [0.15, 0.2) is 0 Å². The standard InChI is InChI=1S/C16H10N2O6S4/c19-27(20,21)13-7-3-1-5-11(13)15(17-9-25)16(18-10-26)12-6-2-4-8-14(12)28(22,23)24/h1-8H,(H,19,20,21)(H,22,23,24). The lowest BCUT2D eigenvalue weighted by Crippen LogP contribution is -2.05. The van der Waals surface area contributed by atoms with Gasteiger partial charge in [0.1, 0.15) is 21.2 Å². The molecule has 12 heteroatoms. The first-order valence-corrected chi connectivity index (χ1v) is 10.8. The maximum Gasteiger partial charge on any atom is 0.295 e. The molecule has 144 valence electrons. The van der Waals surface area contributed by atoms with Crippen LogP contribution in [-0.2, 0) is 20.2 Å². The maximum absolute atomic E-state index is 11.7. The Bertz CT molecular complexity index is 1170. The average molecular weight is 455 g/mol. The van der Waals surface area contributed by atoms with Crippen LogP contribution in [0.1, 0.15) is 11.1 Å². The fraction of sp³-hybridized carbons (Fsp3) is 0. The van der Waals surface area contributed by atoms with Crippen molar-refractivity contribution in [1.82, 2.24) is 0 Å². The van der Waals surface area contributed by atoms with E-state index in [0.717, 1.165) is 12.1 Å². The van der Waals surface area contributed by atoms with E-state index in [-0.39, 0.29) is 22.5 Å². The van der Waals surface area contributed by atoms with Crippen LogP contribution in [-0.4, -0.2) is 36.3 Å². The zero-order valence-corrected chi connectivity index (χ0v) is 16.9. The van der Waals surface area contributed by atoms with Crippen LogP contribution >= 0.6 is 24.4 Å². The molecule has 28 heavy (non-hydrogen) atoms. The third-order valence-electron chi connectivity index (χ3n) is 3.38. The minimum atomic E-state index is -4.68. The van der Waals surface area contributed by atoms with Crippen molar-refractivity contribution in [2.75, 3.05) is 0 Å². The third-order valence-corrected chi connectivity index (χ3v) is 5.39. The van der Waals surface area contributed by atoms with E-state index in [1.165, 1.54) is 36.4 Å². The summed E-state index contributed by atoms with van der Waals surface area (Å²) < 4.78 is 66.0. The summed E-state index contributed by atoms with van der Waals surface area (Å²) in [7, 11) is -9.36. The molecule has 2 aromatic carbocycles. The number of nitrogens with zero attached hydrogens (tertiary/aromatic N) is 2. The lowest BCUT2D eigenvalue weighted by Gasteiger charge is -2.12. The van der Waals surface area contributed by atoms with E-state index in [4.69, 9.17) is 0 Å². The normalized spacial score (nSPS) is 12.4. The van der Waals surface area contributed by atoms with E-state index >= 15 is 0 Å². The maximum atomic E-state index is 11.7. The molecule has 0 heterocycles. The molecule has 0 spiro atoms. The summed E-state index contributed by atoms with van der Waals surface area (Å²) in [5, 5.41) is 4.10. The van der Waals surface area contributed by atoms with Crippen molar-refractivity contribution in [2.24, 2.45) is 9.98 Å². The highest BCUT2D eigenvalue weighted by atomic mass is 32.2. The Balaban J connectivity index is 3.08. The molecule has 0 atom stereocenters. The monoisotopic (exact) mass is 454 g/mol. The molecule has 0 saturated carbocycles. The molecule has 0 radical (unpaired) electrons. The molecule has 0 aromatic heterocycles. The van der Waals surface area contributed by atoms with Gasteiger partial charge in [0.2, 0.25) is 0 Å². The van der Waals surface area contributed by atoms with Gasteiger partial charge in [-0.2, -0.15) is 26.8 Å². The number of hydrogen-bond donors (Lipinski definition) is 2. The first-order valence-electron chi connectivity index (χ1n) is 7.15. The average Bonchev–Trinajstić information content (AvgIpc) is 2.63. The van der Waals surface area contributed by atoms with Gasteiger partial charge in [-0.05, 0) is 36.6 Å². The predicted molar refractivity (Wildman–Crippen MR) is 109 cm³/mol. The van der Waals surface area contributed by atoms with Gasteiger partial charge in [0.25, 0.3) is 20.2 Å². The first-order chi connectivity index (χ1) is 13.1. The summed E-state index contributed by atoms with van der Waals surface area (Å²) in [5.41, 5.74) is -0.790. The molecule has 0 unspecified atom stereocenters. The van der Waals surface area contributed by atoms with Crippen LogP contribution in [0.3, 0.4) is 0 Å². The van der Waals surface area contributed by atoms with E-state index in [1.807, 2.05) is 0 Å². The second kappa shape index (κ2) is 8.74. The molecule has 0 aliphatic heterocycles. The van der Waals surface area contributed by atoms with Crippen LogP contribution in [0.25, 0.3) is 11.4 Å². The van der Waals surface area contributed by atoms with E-state index < -0.39 is 30.0 Å². The number of benzene rings is 2. The zero-order chi connectivity index (χ0) is 20.9. The Morgan fingerprint density at radius 2 is 1.04 bits per heavy atom. The third kappa shape index (κ3) is 4.90. The number of isothiocyanates is 2. The molecule has 0 aliphatic rings. The number of thiocarbonyl (C=S) groups is 2. The SMILES string of the molecule is O=S(=O)(O)c1ccccc1C(N=C=S)=C(N=C=S)c1ccccc1S(=O)(=O)O. The quantitative estimate of drug-likeness (QED) is 0.294. The van der Waals surface area contributed by atoms with Gasteiger partial charge in [-0.25, -0.2) is 0 Å². The largest absolute Gasteiger partial charge is 0.295 e. The van der Waals surface area contributed by atoms with Crippen molar-refractivity contribution >= 4 is 66.4 Å². The van der Waals surface area contributed by atoms with Crippen LogP contribution in [0.4, 0.5) is 0 Å².